The predicted octanol–water partition coefficient (Wildman–Crippen LogP) is 4.56. The highest BCUT2D eigenvalue weighted by Crippen LogP contribution is 2.64. The first-order valence-electron chi connectivity index (χ1n) is 10.6. The number of nitrogens with two attached hydrogens (primary N) is 1. The molecule has 158 valence electrons. The minimum Gasteiger partial charge on any atom is -0.496 e. The molecule has 5 aliphatic rings. The van der Waals surface area contributed by atoms with Gasteiger partial charge in [0.05, 0.1) is 7.11 Å². The van der Waals surface area contributed by atoms with Gasteiger partial charge in [0.25, 0.3) is 0 Å². The van der Waals surface area contributed by atoms with Crippen molar-refractivity contribution in [3.63, 3.8) is 0 Å². The number of benzene rings is 2. The maximum atomic E-state index is 12.2. The molecule has 0 heterocycles. The average Bonchev–Trinajstić information content (AvgIpc) is 2.77. The molecule has 0 saturated heterocycles. The Hall–Kier alpha value is -3.34. The molecule has 5 nitrogen and oxygen atoms in total. The average molecular weight is 415 g/mol. The Kier molecular flexibility index (Phi) is 4.50. The normalized spacial score (nSPS) is 25.8. The summed E-state index contributed by atoms with van der Waals surface area (Å²) in [6.45, 7) is 0. The number of primary amides is 1. The highest BCUT2D eigenvalue weighted by molar-refractivity contribution is 6.00. The van der Waals surface area contributed by atoms with Crippen molar-refractivity contribution in [1.82, 2.24) is 0 Å². The van der Waals surface area contributed by atoms with Crippen molar-refractivity contribution in [3.05, 3.63) is 70.8 Å². The Bertz CT molecular complexity index is 1150. The van der Waals surface area contributed by atoms with E-state index in [1.165, 1.54) is 18.1 Å². The van der Waals surface area contributed by atoms with Crippen LogP contribution in [0.5, 0.6) is 5.75 Å². The molecule has 3 saturated carbocycles. The third-order valence-electron chi connectivity index (χ3n) is 7.32. The van der Waals surface area contributed by atoms with Crippen LogP contribution in [0.2, 0.25) is 0 Å². The Morgan fingerprint density at radius 2 is 1.94 bits per heavy atom. The maximum absolute atomic E-state index is 12.2. The highest BCUT2D eigenvalue weighted by atomic mass is 16.5. The molecule has 5 heteroatoms. The molecule has 0 radical (unpaired) electrons. The lowest BCUT2D eigenvalue weighted by Gasteiger charge is -2.58. The number of aliphatic carboxylic acids is 1. The van der Waals surface area contributed by atoms with E-state index in [9.17, 15) is 9.59 Å². The number of amides is 1. The first-order valence-corrected chi connectivity index (χ1v) is 10.6. The minimum atomic E-state index is -1.04. The molecular formula is C26H25NO4. The highest BCUT2D eigenvalue weighted by Gasteiger charge is 2.54. The van der Waals surface area contributed by atoms with E-state index in [1.54, 1.807) is 24.8 Å². The van der Waals surface area contributed by atoms with Gasteiger partial charge in [-0.3, -0.25) is 4.79 Å². The molecule has 3 N–H and O–H groups in total. The molecule has 0 spiro atoms. The number of carboxylic acid groups (broad SMARTS) is 1. The number of carbonyl (C=O) groups is 2. The van der Waals surface area contributed by atoms with Crippen molar-refractivity contribution < 1.29 is 19.4 Å². The molecule has 0 aliphatic heterocycles. The van der Waals surface area contributed by atoms with E-state index >= 15 is 0 Å². The molecule has 2 aromatic rings. The number of carbonyl (C=O) groups excluding carboxylic acids is 1. The van der Waals surface area contributed by atoms with Crippen molar-refractivity contribution in [1.29, 1.82) is 0 Å². The van der Waals surface area contributed by atoms with Crippen LogP contribution in [0.4, 0.5) is 0 Å². The maximum Gasteiger partial charge on any atom is 0.328 e. The monoisotopic (exact) mass is 415 g/mol. The Morgan fingerprint density at radius 3 is 2.58 bits per heavy atom. The van der Waals surface area contributed by atoms with Gasteiger partial charge in [-0.2, -0.15) is 0 Å². The molecule has 31 heavy (non-hydrogen) atoms. The second kappa shape index (κ2) is 7.12. The van der Waals surface area contributed by atoms with Gasteiger partial charge in [0.15, 0.2) is 0 Å². The van der Waals surface area contributed by atoms with Crippen molar-refractivity contribution in [3.8, 4) is 16.9 Å². The van der Waals surface area contributed by atoms with Gasteiger partial charge >= 0.3 is 5.97 Å². The largest absolute Gasteiger partial charge is 0.496 e. The van der Waals surface area contributed by atoms with Crippen molar-refractivity contribution in [2.75, 3.05) is 7.11 Å². The summed E-state index contributed by atoms with van der Waals surface area (Å²) in [5.74, 6) is 0.729. The number of rotatable bonds is 6. The van der Waals surface area contributed by atoms with Gasteiger partial charge in [0.2, 0.25) is 5.91 Å². The summed E-state index contributed by atoms with van der Waals surface area (Å²) in [6.07, 6.45) is 9.62. The van der Waals surface area contributed by atoms with Crippen molar-refractivity contribution in [2.24, 2.45) is 17.6 Å². The van der Waals surface area contributed by atoms with Crippen molar-refractivity contribution >= 4 is 18.0 Å². The molecule has 4 bridgehead atoms. The molecule has 0 aromatic heterocycles. The van der Waals surface area contributed by atoms with Crippen LogP contribution in [-0.2, 0) is 10.2 Å². The zero-order valence-electron chi connectivity index (χ0n) is 17.4. The van der Waals surface area contributed by atoms with E-state index in [0.29, 0.717) is 23.0 Å². The van der Waals surface area contributed by atoms with Crippen LogP contribution in [-0.4, -0.2) is 24.1 Å². The van der Waals surface area contributed by atoms with Crippen LogP contribution < -0.4 is 10.5 Å². The lowest BCUT2D eigenvalue weighted by Crippen LogP contribution is -2.49. The standard InChI is InChI=1S/C26H25NO4/c1-31-23-6-4-16(12-22(23)26-9-8-19-17(13-26)11-18(19)14-26)20-5-2-15(3-7-24(28)29)10-21(20)25(27)30/h2-8,10,12,17-18H,9,11,13-14H2,1H3,(H2,27,30)(H,28,29)/b7-3+. The molecule has 2 atom stereocenters. The molecule has 2 aromatic carbocycles. The number of methoxy groups -OCH3 is 1. The first kappa shape index (κ1) is 19.6. The van der Waals surface area contributed by atoms with E-state index in [4.69, 9.17) is 15.6 Å². The third-order valence-corrected chi connectivity index (χ3v) is 7.32. The summed E-state index contributed by atoms with van der Waals surface area (Å²) < 4.78 is 5.76. The number of ether oxygens (including phenoxy) is 1. The number of hydrogen-bond acceptors (Lipinski definition) is 3. The first-order chi connectivity index (χ1) is 14.9. The van der Waals surface area contributed by atoms with Gasteiger partial charge in [-0.15, -0.1) is 0 Å². The zero-order valence-corrected chi connectivity index (χ0v) is 17.4. The van der Waals surface area contributed by atoms with E-state index in [0.717, 1.165) is 42.2 Å². The van der Waals surface area contributed by atoms with Gasteiger partial charge < -0.3 is 15.6 Å². The van der Waals surface area contributed by atoms with Crippen LogP contribution in [0.3, 0.4) is 0 Å². The number of carboxylic acids is 1. The number of fused-ring (bicyclic) bond motifs is 1. The molecule has 1 amide bonds. The van der Waals surface area contributed by atoms with Gasteiger partial charge in [-0.25, -0.2) is 4.79 Å². The van der Waals surface area contributed by atoms with Crippen LogP contribution in [0.15, 0.2) is 54.1 Å². The molecule has 2 unspecified atom stereocenters. The number of hydrogen-bond donors (Lipinski definition) is 2. The molecule has 7 rings (SSSR count). The van der Waals surface area contributed by atoms with Gasteiger partial charge in [0.1, 0.15) is 5.75 Å². The molecule has 3 fully saturated rings. The summed E-state index contributed by atoms with van der Waals surface area (Å²) in [5.41, 5.74) is 11.3. The van der Waals surface area contributed by atoms with E-state index in [2.05, 4.69) is 12.1 Å². The summed E-state index contributed by atoms with van der Waals surface area (Å²) in [6, 6.07) is 11.4. The second-order valence-corrected chi connectivity index (χ2v) is 8.98. The number of allylic oxidation sites excluding steroid dienone is 2. The third kappa shape index (κ3) is 3.16. The van der Waals surface area contributed by atoms with E-state index < -0.39 is 11.9 Å². The quantitative estimate of drug-likeness (QED) is 0.535. The lowest BCUT2D eigenvalue weighted by atomic mass is 9.46. The molecular weight excluding hydrogens is 390 g/mol. The summed E-state index contributed by atoms with van der Waals surface area (Å²) in [4.78, 5) is 23.0. The second-order valence-electron chi connectivity index (χ2n) is 8.98. The SMILES string of the molecule is COc1ccc(-c2ccc(/C=C/C(=O)O)cc2C(N)=O)cc1C12CC=C3C(CC3C1)C2. The fourth-order valence-electron chi connectivity index (χ4n) is 5.94. The van der Waals surface area contributed by atoms with Gasteiger partial charge in [-0.1, -0.05) is 29.8 Å². The minimum absolute atomic E-state index is 0.0910. The van der Waals surface area contributed by atoms with Crippen LogP contribution in [0, 0.1) is 11.8 Å². The summed E-state index contributed by atoms with van der Waals surface area (Å²) in [7, 11) is 1.71. The summed E-state index contributed by atoms with van der Waals surface area (Å²) >= 11 is 0. The Balaban J connectivity index is 1.59. The smallest absolute Gasteiger partial charge is 0.328 e. The van der Waals surface area contributed by atoms with Crippen LogP contribution in [0.25, 0.3) is 17.2 Å². The van der Waals surface area contributed by atoms with E-state index in [1.807, 2.05) is 18.2 Å². The fraction of sp³-hybridized carbons (Fsp3) is 0.308. The fourth-order valence-corrected chi connectivity index (χ4v) is 5.94. The van der Waals surface area contributed by atoms with Gasteiger partial charge in [-0.05, 0) is 78.5 Å². The van der Waals surface area contributed by atoms with Crippen LogP contribution in [0.1, 0.15) is 47.2 Å². The lowest BCUT2D eigenvalue weighted by molar-refractivity contribution is -0.131. The topological polar surface area (TPSA) is 89.6 Å². The van der Waals surface area contributed by atoms with Crippen LogP contribution >= 0.6 is 0 Å². The van der Waals surface area contributed by atoms with Gasteiger partial charge in [0, 0.05) is 22.6 Å². The molecule has 5 aliphatic carbocycles. The van der Waals surface area contributed by atoms with E-state index in [-0.39, 0.29) is 5.41 Å². The zero-order chi connectivity index (χ0) is 21.8. The Labute approximate surface area is 181 Å². The van der Waals surface area contributed by atoms with Crippen molar-refractivity contribution in [2.45, 2.75) is 31.1 Å². The summed E-state index contributed by atoms with van der Waals surface area (Å²) in [5, 5.41) is 8.87. The Morgan fingerprint density at radius 1 is 1.16 bits per heavy atom. The predicted molar refractivity (Wildman–Crippen MR) is 119 cm³/mol.